The van der Waals surface area contributed by atoms with Crippen molar-refractivity contribution in [3.8, 4) is 0 Å². The maximum atomic E-state index is 13.2. The van der Waals surface area contributed by atoms with Crippen molar-refractivity contribution in [3.63, 3.8) is 0 Å². The number of benzene rings is 1. The molecule has 0 atom stereocenters. The zero-order valence-electron chi connectivity index (χ0n) is 7.33. The molecule has 13 heavy (non-hydrogen) atoms. The maximum absolute atomic E-state index is 13.2. The monoisotopic (exact) mass is 203 g/mol. The van der Waals surface area contributed by atoms with Gasteiger partial charge in [0.2, 0.25) is 10.0 Å². The van der Waals surface area contributed by atoms with Crippen LogP contribution in [0.2, 0.25) is 0 Å². The molecule has 0 spiro atoms. The molecule has 0 saturated heterocycles. The van der Waals surface area contributed by atoms with E-state index in [9.17, 15) is 12.8 Å². The minimum atomic E-state index is -3.81. The summed E-state index contributed by atoms with van der Waals surface area (Å²) in [7, 11) is -3.81. The fourth-order valence-corrected chi connectivity index (χ4v) is 1.89. The fraction of sp³-hybridized carbons (Fsp3) is 0.250. The zero-order chi connectivity index (χ0) is 10.2. The molecule has 0 unspecified atom stereocenters. The SMILES string of the molecule is Cc1ccc(S(N)(=O)=O)c(C)c1F. The minimum absolute atomic E-state index is 0.0718. The van der Waals surface area contributed by atoms with Gasteiger partial charge in [-0.15, -0.1) is 0 Å². The molecule has 0 amide bonds. The Hall–Kier alpha value is -0.940. The van der Waals surface area contributed by atoms with E-state index in [1.807, 2.05) is 0 Å². The molecule has 0 bridgehead atoms. The molecule has 1 rings (SSSR count). The van der Waals surface area contributed by atoms with Crippen molar-refractivity contribution in [2.24, 2.45) is 5.14 Å². The molecule has 1 aromatic carbocycles. The van der Waals surface area contributed by atoms with Gasteiger partial charge >= 0.3 is 0 Å². The van der Waals surface area contributed by atoms with Gasteiger partial charge in [0.25, 0.3) is 0 Å². The lowest BCUT2D eigenvalue weighted by Gasteiger charge is -2.05. The van der Waals surface area contributed by atoms with E-state index in [4.69, 9.17) is 5.14 Å². The standard InChI is InChI=1S/C8H10FNO2S/c1-5-3-4-7(13(10,11)12)6(2)8(5)9/h3-4H,1-2H3,(H2,10,11,12). The van der Waals surface area contributed by atoms with Gasteiger partial charge in [-0.25, -0.2) is 17.9 Å². The Morgan fingerprint density at radius 3 is 2.31 bits per heavy atom. The van der Waals surface area contributed by atoms with Crippen LogP contribution in [0.1, 0.15) is 11.1 Å². The van der Waals surface area contributed by atoms with Gasteiger partial charge in [-0.05, 0) is 25.5 Å². The Bertz CT molecular complexity index is 440. The van der Waals surface area contributed by atoms with Crippen LogP contribution in [0, 0.1) is 19.7 Å². The topological polar surface area (TPSA) is 60.2 Å². The number of hydrogen-bond donors (Lipinski definition) is 1. The van der Waals surface area contributed by atoms with Crippen LogP contribution in [-0.4, -0.2) is 8.42 Å². The Kier molecular flexibility index (Phi) is 2.40. The van der Waals surface area contributed by atoms with Gasteiger partial charge in [-0.3, -0.25) is 0 Å². The second-order valence-electron chi connectivity index (χ2n) is 2.86. The number of hydrogen-bond acceptors (Lipinski definition) is 2. The normalized spacial score (nSPS) is 11.7. The van der Waals surface area contributed by atoms with Gasteiger partial charge in [0.1, 0.15) is 5.82 Å². The highest BCUT2D eigenvalue weighted by atomic mass is 32.2. The third-order valence-electron chi connectivity index (χ3n) is 1.84. The first-order valence-corrected chi connectivity index (χ1v) is 5.17. The van der Waals surface area contributed by atoms with E-state index in [0.717, 1.165) is 0 Å². The smallest absolute Gasteiger partial charge is 0.225 e. The molecular weight excluding hydrogens is 193 g/mol. The Labute approximate surface area is 76.4 Å². The van der Waals surface area contributed by atoms with Crippen LogP contribution in [0.25, 0.3) is 0 Å². The van der Waals surface area contributed by atoms with E-state index in [2.05, 4.69) is 0 Å². The van der Waals surface area contributed by atoms with Crippen LogP contribution in [0.4, 0.5) is 4.39 Å². The van der Waals surface area contributed by atoms with E-state index < -0.39 is 15.8 Å². The molecule has 0 aliphatic carbocycles. The van der Waals surface area contributed by atoms with Crippen molar-refractivity contribution in [1.82, 2.24) is 0 Å². The molecule has 0 aliphatic rings. The number of rotatable bonds is 1. The first-order chi connectivity index (χ1) is 5.84. The number of aryl methyl sites for hydroxylation is 1. The van der Waals surface area contributed by atoms with Crippen LogP contribution in [0.3, 0.4) is 0 Å². The Morgan fingerprint density at radius 2 is 1.85 bits per heavy atom. The van der Waals surface area contributed by atoms with Crippen molar-refractivity contribution in [2.75, 3.05) is 0 Å². The molecule has 0 radical (unpaired) electrons. The van der Waals surface area contributed by atoms with E-state index in [-0.39, 0.29) is 10.5 Å². The van der Waals surface area contributed by atoms with Crippen LogP contribution in [0.15, 0.2) is 17.0 Å². The summed E-state index contributed by atoms with van der Waals surface area (Å²) in [4.78, 5) is -0.157. The summed E-state index contributed by atoms with van der Waals surface area (Å²) in [6.07, 6.45) is 0. The Morgan fingerprint density at radius 1 is 1.31 bits per heavy atom. The molecule has 0 fully saturated rings. The summed E-state index contributed by atoms with van der Waals surface area (Å²) in [5.74, 6) is -0.522. The number of primary sulfonamides is 1. The third-order valence-corrected chi connectivity index (χ3v) is 2.89. The quantitative estimate of drug-likeness (QED) is 0.742. The van der Waals surface area contributed by atoms with E-state index in [1.165, 1.54) is 19.1 Å². The van der Waals surface area contributed by atoms with Gasteiger partial charge in [0, 0.05) is 5.56 Å². The predicted octanol–water partition coefficient (Wildman–Crippen LogP) is 1.09. The number of sulfonamides is 1. The summed E-state index contributed by atoms with van der Waals surface area (Å²) < 4.78 is 35.1. The number of halogens is 1. The summed E-state index contributed by atoms with van der Waals surface area (Å²) >= 11 is 0. The van der Waals surface area contributed by atoms with Crippen molar-refractivity contribution in [1.29, 1.82) is 0 Å². The summed E-state index contributed by atoms with van der Waals surface area (Å²) in [6.45, 7) is 2.96. The zero-order valence-corrected chi connectivity index (χ0v) is 8.15. The van der Waals surface area contributed by atoms with Gasteiger partial charge in [-0.1, -0.05) is 6.07 Å². The predicted molar refractivity (Wildman–Crippen MR) is 47.2 cm³/mol. The van der Waals surface area contributed by atoms with Gasteiger partial charge in [-0.2, -0.15) is 0 Å². The molecular formula is C8H10FNO2S. The maximum Gasteiger partial charge on any atom is 0.238 e. The molecule has 3 nitrogen and oxygen atoms in total. The summed E-state index contributed by atoms with van der Waals surface area (Å²) in [5.41, 5.74) is 0.479. The lowest BCUT2D eigenvalue weighted by molar-refractivity contribution is 0.585. The largest absolute Gasteiger partial charge is 0.238 e. The van der Waals surface area contributed by atoms with Gasteiger partial charge in [0.15, 0.2) is 0 Å². The van der Waals surface area contributed by atoms with E-state index in [0.29, 0.717) is 5.56 Å². The molecule has 72 valence electrons. The second kappa shape index (κ2) is 3.08. The summed E-state index contributed by atoms with van der Waals surface area (Å²) in [6, 6.07) is 2.70. The molecule has 0 saturated carbocycles. The lowest BCUT2D eigenvalue weighted by Crippen LogP contribution is -2.14. The highest BCUT2D eigenvalue weighted by Crippen LogP contribution is 2.19. The average Bonchev–Trinajstić information content (AvgIpc) is 1.98. The van der Waals surface area contributed by atoms with E-state index >= 15 is 0 Å². The van der Waals surface area contributed by atoms with Crippen LogP contribution in [0.5, 0.6) is 0 Å². The van der Waals surface area contributed by atoms with E-state index in [1.54, 1.807) is 6.92 Å². The second-order valence-corrected chi connectivity index (χ2v) is 4.39. The van der Waals surface area contributed by atoms with Crippen molar-refractivity contribution >= 4 is 10.0 Å². The molecule has 0 aromatic heterocycles. The molecule has 5 heteroatoms. The fourth-order valence-electron chi connectivity index (χ4n) is 1.11. The van der Waals surface area contributed by atoms with Crippen LogP contribution in [-0.2, 0) is 10.0 Å². The average molecular weight is 203 g/mol. The van der Waals surface area contributed by atoms with Gasteiger partial charge in [0.05, 0.1) is 4.90 Å². The summed E-state index contributed by atoms with van der Waals surface area (Å²) in [5, 5.41) is 4.88. The van der Waals surface area contributed by atoms with Crippen molar-refractivity contribution < 1.29 is 12.8 Å². The Balaban J connectivity index is 3.53. The highest BCUT2D eigenvalue weighted by molar-refractivity contribution is 7.89. The number of nitrogens with two attached hydrogens (primary N) is 1. The highest BCUT2D eigenvalue weighted by Gasteiger charge is 2.15. The molecule has 1 aromatic rings. The third kappa shape index (κ3) is 1.87. The lowest BCUT2D eigenvalue weighted by atomic mass is 10.1. The molecule has 0 aliphatic heterocycles. The first-order valence-electron chi connectivity index (χ1n) is 3.62. The van der Waals surface area contributed by atoms with Crippen LogP contribution < -0.4 is 5.14 Å². The minimum Gasteiger partial charge on any atom is -0.225 e. The first kappa shape index (κ1) is 10.1. The van der Waals surface area contributed by atoms with Crippen molar-refractivity contribution in [2.45, 2.75) is 18.7 Å². The van der Waals surface area contributed by atoms with Gasteiger partial charge < -0.3 is 0 Å². The molecule has 0 heterocycles. The van der Waals surface area contributed by atoms with Crippen LogP contribution >= 0.6 is 0 Å². The van der Waals surface area contributed by atoms with Crippen molar-refractivity contribution in [3.05, 3.63) is 29.1 Å². The molecule has 2 N–H and O–H groups in total.